The monoisotopic (exact) mass is 363 g/mol. The average molecular weight is 365 g/mol. The first-order chi connectivity index (χ1) is 8.95. The Labute approximate surface area is 131 Å². The predicted molar refractivity (Wildman–Crippen MR) is 85.2 cm³/mol. The maximum absolute atomic E-state index is 6.29. The molecule has 0 aliphatic rings. The lowest BCUT2D eigenvalue weighted by molar-refractivity contribution is 0.357. The lowest BCUT2D eigenvalue weighted by atomic mass is 10.0. The van der Waals surface area contributed by atoms with Crippen LogP contribution in [0.3, 0.4) is 0 Å². The number of halogens is 3. The summed E-state index contributed by atoms with van der Waals surface area (Å²) in [5, 5.41) is 5.47. The number of hydrogen-bond acceptors (Lipinski definition) is 2. The van der Waals surface area contributed by atoms with Crippen LogP contribution in [-0.4, -0.2) is 6.54 Å². The Bertz CT molecular complexity index is 595. The van der Waals surface area contributed by atoms with E-state index >= 15 is 0 Å². The van der Waals surface area contributed by atoms with Crippen LogP contribution in [0.5, 0.6) is 0 Å². The lowest BCUT2D eigenvalue weighted by Gasteiger charge is -2.19. The van der Waals surface area contributed by atoms with Crippen molar-refractivity contribution in [3.05, 3.63) is 32.4 Å². The molecule has 0 saturated heterocycles. The molecule has 1 atom stereocenters. The van der Waals surface area contributed by atoms with E-state index in [0.29, 0.717) is 21.5 Å². The van der Waals surface area contributed by atoms with Gasteiger partial charge in [0.15, 0.2) is 5.58 Å². The van der Waals surface area contributed by atoms with E-state index in [-0.39, 0.29) is 6.04 Å². The molecule has 0 amide bonds. The van der Waals surface area contributed by atoms with Crippen LogP contribution in [0, 0.1) is 5.92 Å². The van der Waals surface area contributed by atoms with Gasteiger partial charge in [-0.1, -0.05) is 44.0 Å². The Morgan fingerprint density at radius 1 is 1.32 bits per heavy atom. The summed E-state index contributed by atoms with van der Waals surface area (Å²) in [6.45, 7) is 7.26. The van der Waals surface area contributed by atoms with E-state index in [4.69, 9.17) is 27.6 Å². The molecule has 19 heavy (non-hydrogen) atoms. The third kappa shape index (κ3) is 2.94. The molecular formula is C14H16BrCl2NO. The van der Waals surface area contributed by atoms with E-state index in [1.54, 1.807) is 6.07 Å². The number of nitrogens with one attached hydrogen (secondary N) is 1. The van der Waals surface area contributed by atoms with Gasteiger partial charge in [0, 0.05) is 9.86 Å². The van der Waals surface area contributed by atoms with Gasteiger partial charge >= 0.3 is 0 Å². The van der Waals surface area contributed by atoms with Crippen molar-refractivity contribution in [2.45, 2.75) is 26.8 Å². The zero-order valence-corrected chi connectivity index (χ0v) is 14.2. The van der Waals surface area contributed by atoms with E-state index in [0.717, 1.165) is 22.2 Å². The van der Waals surface area contributed by atoms with E-state index in [1.165, 1.54) is 0 Å². The fourth-order valence-electron chi connectivity index (χ4n) is 2.16. The van der Waals surface area contributed by atoms with Crippen LogP contribution in [0.25, 0.3) is 11.0 Å². The Hall–Kier alpha value is -0.220. The van der Waals surface area contributed by atoms with Crippen molar-refractivity contribution in [1.82, 2.24) is 5.32 Å². The molecule has 1 heterocycles. The van der Waals surface area contributed by atoms with Gasteiger partial charge in [0.05, 0.1) is 16.1 Å². The highest BCUT2D eigenvalue weighted by molar-refractivity contribution is 9.10. The molecule has 1 unspecified atom stereocenters. The first kappa shape index (κ1) is 15.2. The van der Waals surface area contributed by atoms with Crippen LogP contribution in [0.15, 0.2) is 21.0 Å². The van der Waals surface area contributed by atoms with Crippen LogP contribution in [-0.2, 0) is 0 Å². The Balaban J connectivity index is 2.57. The Morgan fingerprint density at radius 2 is 2.00 bits per heavy atom. The fraction of sp³-hybridized carbons (Fsp3) is 0.429. The summed E-state index contributed by atoms with van der Waals surface area (Å²) in [5.41, 5.74) is 0.647. The molecule has 0 fully saturated rings. The molecule has 1 aromatic heterocycles. The van der Waals surface area contributed by atoms with Crippen molar-refractivity contribution < 1.29 is 4.42 Å². The highest BCUT2D eigenvalue weighted by Gasteiger charge is 2.21. The first-order valence-electron chi connectivity index (χ1n) is 6.26. The molecule has 0 bridgehead atoms. The van der Waals surface area contributed by atoms with Crippen LogP contribution < -0.4 is 5.32 Å². The van der Waals surface area contributed by atoms with E-state index < -0.39 is 0 Å². The quantitative estimate of drug-likeness (QED) is 0.692. The standard InChI is InChI=1S/C14H16BrCl2NO/c1-4-18-13(7(2)3)11-5-8-12(17)9(15)6-10(16)14(8)19-11/h5-7,13,18H,4H2,1-3H3. The van der Waals surface area contributed by atoms with Crippen molar-refractivity contribution >= 4 is 50.1 Å². The lowest BCUT2D eigenvalue weighted by Crippen LogP contribution is -2.24. The van der Waals surface area contributed by atoms with Gasteiger partial charge in [-0.3, -0.25) is 0 Å². The number of fused-ring (bicyclic) bond motifs is 1. The van der Waals surface area contributed by atoms with Gasteiger partial charge in [0.25, 0.3) is 0 Å². The van der Waals surface area contributed by atoms with E-state index in [1.807, 2.05) is 6.07 Å². The van der Waals surface area contributed by atoms with Crippen molar-refractivity contribution in [2.24, 2.45) is 5.92 Å². The normalized spacial score (nSPS) is 13.4. The SMILES string of the molecule is CCNC(c1cc2c(Cl)c(Br)cc(Cl)c2o1)C(C)C. The van der Waals surface area contributed by atoms with Gasteiger partial charge in [0.2, 0.25) is 0 Å². The number of rotatable bonds is 4. The molecule has 5 heteroatoms. The minimum Gasteiger partial charge on any atom is -0.458 e. The van der Waals surface area contributed by atoms with Gasteiger partial charge in [-0.05, 0) is 40.5 Å². The average Bonchev–Trinajstić information content (AvgIpc) is 2.78. The molecule has 0 radical (unpaired) electrons. The third-order valence-corrected chi connectivity index (χ3v) is 4.61. The van der Waals surface area contributed by atoms with Gasteiger partial charge in [-0.25, -0.2) is 0 Å². The zero-order valence-electron chi connectivity index (χ0n) is 11.1. The summed E-state index contributed by atoms with van der Waals surface area (Å²) >= 11 is 15.9. The summed E-state index contributed by atoms with van der Waals surface area (Å²) in [6, 6.07) is 3.89. The van der Waals surface area contributed by atoms with Crippen molar-refractivity contribution in [2.75, 3.05) is 6.54 Å². The van der Waals surface area contributed by atoms with Gasteiger partial charge < -0.3 is 9.73 Å². The molecule has 1 N–H and O–H groups in total. The molecule has 2 rings (SSSR count). The second-order valence-electron chi connectivity index (χ2n) is 4.83. The summed E-state index contributed by atoms with van der Waals surface area (Å²) in [5.74, 6) is 1.29. The van der Waals surface area contributed by atoms with Crippen LogP contribution >= 0.6 is 39.1 Å². The third-order valence-electron chi connectivity index (χ3n) is 3.06. The van der Waals surface area contributed by atoms with E-state index in [9.17, 15) is 0 Å². The molecule has 104 valence electrons. The van der Waals surface area contributed by atoms with Gasteiger partial charge in [-0.15, -0.1) is 0 Å². The largest absolute Gasteiger partial charge is 0.458 e. The molecule has 0 saturated carbocycles. The number of furan rings is 1. The Morgan fingerprint density at radius 3 is 2.58 bits per heavy atom. The second-order valence-corrected chi connectivity index (χ2v) is 6.46. The predicted octanol–water partition coefficient (Wildman–Crippen LogP) is 5.81. The molecule has 0 spiro atoms. The zero-order chi connectivity index (χ0) is 14.2. The summed E-state index contributed by atoms with van der Waals surface area (Å²) in [4.78, 5) is 0. The highest BCUT2D eigenvalue weighted by atomic mass is 79.9. The molecular weight excluding hydrogens is 349 g/mol. The summed E-state index contributed by atoms with van der Waals surface area (Å²) < 4.78 is 6.69. The minimum atomic E-state index is 0.156. The molecule has 2 nitrogen and oxygen atoms in total. The van der Waals surface area contributed by atoms with Crippen molar-refractivity contribution in [3.63, 3.8) is 0 Å². The maximum atomic E-state index is 6.29. The van der Waals surface area contributed by atoms with Gasteiger partial charge in [0.1, 0.15) is 5.76 Å². The molecule has 0 aliphatic carbocycles. The number of benzene rings is 1. The smallest absolute Gasteiger partial charge is 0.154 e. The topological polar surface area (TPSA) is 25.2 Å². The van der Waals surface area contributed by atoms with Crippen molar-refractivity contribution in [3.8, 4) is 0 Å². The molecule has 2 aromatic rings. The van der Waals surface area contributed by atoms with Crippen LogP contribution in [0.1, 0.15) is 32.6 Å². The Kier molecular flexibility index (Phi) is 4.83. The van der Waals surface area contributed by atoms with Crippen LogP contribution in [0.4, 0.5) is 0 Å². The minimum absolute atomic E-state index is 0.156. The maximum Gasteiger partial charge on any atom is 0.154 e. The molecule has 1 aromatic carbocycles. The molecule has 0 aliphatic heterocycles. The summed E-state index contributed by atoms with van der Waals surface area (Å²) in [7, 11) is 0. The van der Waals surface area contributed by atoms with Gasteiger partial charge in [-0.2, -0.15) is 0 Å². The second kappa shape index (κ2) is 6.04. The highest BCUT2D eigenvalue weighted by Crippen LogP contribution is 2.39. The number of hydrogen-bond donors (Lipinski definition) is 1. The summed E-state index contributed by atoms with van der Waals surface area (Å²) in [6.07, 6.45) is 0. The van der Waals surface area contributed by atoms with Crippen LogP contribution in [0.2, 0.25) is 10.0 Å². The van der Waals surface area contributed by atoms with Crippen molar-refractivity contribution in [1.29, 1.82) is 0 Å². The first-order valence-corrected chi connectivity index (χ1v) is 7.80. The van der Waals surface area contributed by atoms with E-state index in [2.05, 4.69) is 42.0 Å². The fourth-order valence-corrected chi connectivity index (χ4v) is 3.18.